The van der Waals surface area contributed by atoms with E-state index < -0.39 is 6.04 Å². The molecule has 1 atom stereocenters. The van der Waals surface area contributed by atoms with E-state index in [1.165, 1.54) is 148 Å². The molecule has 2 fully saturated rings. The van der Waals surface area contributed by atoms with Gasteiger partial charge in [-0.15, -0.1) is 0 Å². The predicted octanol–water partition coefficient (Wildman–Crippen LogP) is 11.3. The molecule has 9 heteroatoms. The maximum absolute atomic E-state index is 13.0. The molecule has 0 heterocycles. The molecule has 1 unspecified atom stereocenters. The predicted molar refractivity (Wildman–Crippen MR) is 227 cm³/mol. The second-order valence-corrected chi connectivity index (χ2v) is 16.3. The zero-order chi connectivity index (χ0) is 39.0. The van der Waals surface area contributed by atoms with Crippen LogP contribution in [0.2, 0.25) is 0 Å². The van der Waals surface area contributed by atoms with Crippen LogP contribution in [0.1, 0.15) is 226 Å². The van der Waals surface area contributed by atoms with Gasteiger partial charge in [0, 0.05) is 68.9 Å². The van der Waals surface area contributed by atoms with Gasteiger partial charge in [0.15, 0.2) is 0 Å². The van der Waals surface area contributed by atoms with Gasteiger partial charge in [0.25, 0.3) is 0 Å². The van der Waals surface area contributed by atoms with Crippen molar-refractivity contribution < 1.29 is 40.9 Å². The fourth-order valence-electron chi connectivity index (χ4n) is 7.49. The minimum Gasteiger partial charge on any atom is -0.381 e. The average Bonchev–Trinajstić information content (AvgIpc) is 3.95. The maximum atomic E-state index is 13.0. The molecule has 2 rings (SSSR count). The molecule has 2 aliphatic carbocycles. The zero-order valence-corrected chi connectivity index (χ0v) is 37.2. The Bertz CT molecular complexity index is 846. The van der Waals surface area contributed by atoms with Crippen molar-refractivity contribution in [1.82, 2.24) is 16.0 Å². The van der Waals surface area contributed by atoms with Gasteiger partial charge in [0.05, 0.1) is 0 Å². The molecule has 0 aliphatic heterocycles. The number of hydrogen-bond donors (Lipinski definition) is 3. The zero-order valence-electron chi connectivity index (χ0n) is 36.1. The Morgan fingerprint density at radius 2 is 0.891 bits per heavy atom. The van der Waals surface area contributed by atoms with Gasteiger partial charge >= 0.3 is 0 Å². The molecular weight excluding hydrogens is 730 g/mol. The number of amides is 3. The van der Waals surface area contributed by atoms with E-state index in [1.54, 1.807) is 0 Å². The number of nitrogens with one attached hydrogen (secondary N) is 3. The third-order valence-corrected chi connectivity index (χ3v) is 11.1. The van der Waals surface area contributed by atoms with Crippen molar-refractivity contribution in [1.29, 1.82) is 0 Å². The summed E-state index contributed by atoms with van der Waals surface area (Å²) in [5.41, 5.74) is 0. The Labute approximate surface area is 350 Å². The van der Waals surface area contributed by atoms with Gasteiger partial charge in [-0.3, -0.25) is 14.4 Å². The summed E-state index contributed by atoms with van der Waals surface area (Å²) < 4.78 is 11.5. The van der Waals surface area contributed by atoms with Crippen molar-refractivity contribution in [2.24, 2.45) is 5.92 Å². The number of unbranched alkanes of at least 4 members (excludes halogenated alkanes) is 18. The Morgan fingerprint density at radius 3 is 1.33 bits per heavy atom. The summed E-state index contributed by atoms with van der Waals surface area (Å²) in [5, 5.41) is 8.87. The molecule has 0 radical (unpaired) electrons. The van der Waals surface area contributed by atoms with Crippen LogP contribution in [0.3, 0.4) is 0 Å². The molecule has 2 saturated carbocycles. The second kappa shape index (κ2) is 42.5. The van der Waals surface area contributed by atoms with Crippen LogP contribution in [0, 0.1) is 5.92 Å². The maximum Gasteiger partial charge on any atom is 0.242 e. The fraction of sp³-hybridized carbons (Fsp3) is 0.935. The van der Waals surface area contributed by atoms with E-state index in [1.807, 2.05) is 0 Å². The van der Waals surface area contributed by atoms with Crippen molar-refractivity contribution in [3.8, 4) is 0 Å². The molecule has 0 aromatic heterocycles. The summed E-state index contributed by atoms with van der Waals surface area (Å²) in [7, 11) is 0. The molecule has 326 valence electrons. The number of carbonyl (C=O) groups excluding carboxylic acids is 3. The van der Waals surface area contributed by atoms with Crippen molar-refractivity contribution in [3.05, 3.63) is 0 Å². The number of hydrogen-bond acceptors (Lipinski definition) is 5. The van der Waals surface area contributed by atoms with Crippen LogP contribution in [-0.2, 0) is 40.9 Å². The first-order valence-electron chi connectivity index (χ1n) is 23.6. The van der Waals surface area contributed by atoms with Crippen molar-refractivity contribution in [2.45, 2.75) is 232 Å². The molecule has 2 aliphatic rings. The van der Waals surface area contributed by atoms with Gasteiger partial charge in [-0.1, -0.05) is 174 Å². The largest absolute Gasteiger partial charge is 0.381 e. The normalized spacial score (nSPS) is 14.5. The average molecular weight is 820 g/mol. The SMILES string of the molecule is C1CCCC1.CCCCCCCCCCCCOCCCNC(=O)CCC(NC(=O)C1CCCC1)C(=O)NCCCOCCCCCCCCCCCC.[Fe]. The molecule has 8 nitrogen and oxygen atoms in total. The third-order valence-electron chi connectivity index (χ3n) is 11.1. The summed E-state index contributed by atoms with van der Waals surface area (Å²) in [4.78, 5) is 38.4. The molecule has 0 spiro atoms. The molecule has 0 aromatic carbocycles. The fourth-order valence-corrected chi connectivity index (χ4v) is 7.49. The molecule has 0 bridgehead atoms. The van der Waals surface area contributed by atoms with Crippen LogP contribution in [0.15, 0.2) is 0 Å². The first-order valence-corrected chi connectivity index (χ1v) is 23.6. The quantitative estimate of drug-likeness (QED) is 0.0431. The first kappa shape index (κ1) is 53.8. The first-order chi connectivity index (χ1) is 26.6. The van der Waals surface area contributed by atoms with Crippen molar-refractivity contribution in [3.63, 3.8) is 0 Å². The Morgan fingerprint density at radius 1 is 0.509 bits per heavy atom. The van der Waals surface area contributed by atoms with E-state index in [4.69, 9.17) is 9.47 Å². The minimum atomic E-state index is -0.698. The molecular formula is C46H89FeN3O5. The summed E-state index contributed by atoms with van der Waals surface area (Å²) in [6, 6.07) is -0.698. The van der Waals surface area contributed by atoms with Gasteiger partial charge in [0.1, 0.15) is 6.04 Å². The standard InChI is InChI=1S/C41H79N3O5.C5H10.Fe/c1-3-5-7-9-11-13-15-17-19-23-33-48-35-25-31-42-39(45)30-29-38(44-40(46)37-27-21-22-28-37)41(47)43-32-26-36-49-34-24-20-18-16-14-12-10-8-6-4-2;1-2-4-5-3-1;/h37-38H,3-36H2,1-2H3,(H,42,45)(H,43,47)(H,44,46);1-5H2;. The van der Waals surface area contributed by atoms with Crippen LogP contribution < -0.4 is 16.0 Å². The smallest absolute Gasteiger partial charge is 0.242 e. The Kier molecular flexibility index (Phi) is 41.6. The summed E-state index contributed by atoms with van der Waals surface area (Å²) >= 11 is 0. The monoisotopic (exact) mass is 820 g/mol. The van der Waals surface area contributed by atoms with Crippen molar-refractivity contribution in [2.75, 3.05) is 39.5 Å². The topological polar surface area (TPSA) is 106 Å². The Hall–Kier alpha value is -1.15. The minimum absolute atomic E-state index is 0. The van der Waals surface area contributed by atoms with Gasteiger partial charge in [-0.2, -0.15) is 0 Å². The van der Waals surface area contributed by atoms with Crippen LogP contribution in [-0.4, -0.2) is 63.3 Å². The van der Waals surface area contributed by atoms with E-state index in [2.05, 4.69) is 29.8 Å². The van der Waals surface area contributed by atoms with E-state index in [0.717, 1.165) is 64.6 Å². The van der Waals surface area contributed by atoms with E-state index >= 15 is 0 Å². The third kappa shape index (κ3) is 35.7. The molecule has 0 saturated heterocycles. The van der Waals surface area contributed by atoms with Gasteiger partial charge < -0.3 is 25.4 Å². The second-order valence-electron chi connectivity index (χ2n) is 16.3. The molecule has 3 N–H and O–H groups in total. The van der Waals surface area contributed by atoms with Gasteiger partial charge in [-0.25, -0.2) is 0 Å². The summed E-state index contributed by atoms with van der Waals surface area (Å²) in [6.07, 6.45) is 39.6. The van der Waals surface area contributed by atoms with Gasteiger partial charge in [-0.05, 0) is 44.9 Å². The molecule has 55 heavy (non-hydrogen) atoms. The molecule has 3 amide bonds. The van der Waals surface area contributed by atoms with Gasteiger partial charge in [0.2, 0.25) is 17.7 Å². The number of rotatable bonds is 36. The number of ether oxygens (including phenoxy) is 2. The van der Waals surface area contributed by atoms with E-state index in [-0.39, 0.29) is 47.1 Å². The van der Waals surface area contributed by atoms with Crippen LogP contribution in [0.5, 0.6) is 0 Å². The summed E-state index contributed by atoms with van der Waals surface area (Å²) in [6.45, 7) is 8.39. The summed E-state index contributed by atoms with van der Waals surface area (Å²) in [5.74, 6) is -0.390. The van der Waals surface area contributed by atoms with E-state index in [0.29, 0.717) is 32.7 Å². The van der Waals surface area contributed by atoms with Crippen LogP contribution in [0.4, 0.5) is 0 Å². The van der Waals surface area contributed by atoms with Crippen molar-refractivity contribution >= 4 is 17.7 Å². The van der Waals surface area contributed by atoms with Crippen LogP contribution in [0.25, 0.3) is 0 Å². The van der Waals surface area contributed by atoms with E-state index in [9.17, 15) is 14.4 Å². The Balaban J connectivity index is 0.00000446. The molecule has 0 aromatic rings. The van der Waals surface area contributed by atoms with Crippen LogP contribution >= 0.6 is 0 Å². The number of carbonyl (C=O) groups is 3.